The van der Waals surface area contributed by atoms with Gasteiger partial charge in [0.1, 0.15) is 19.8 Å². The average Bonchev–Trinajstić information content (AvgIpc) is 3.44. The lowest BCUT2D eigenvalue weighted by molar-refractivity contribution is -0.153. The Kier molecular flexibility index (Phi) is 12.7. The number of urea groups is 1. The van der Waals surface area contributed by atoms with E-state index in [0.717, 1.165) is 60.3 Å². The molecule has 0 spiro atoms. The van der Waals surface area contributed by atoms with Gasteiger partial charge in [0.2, 0.25) is 0 Å². The van der Waals surface area contributed by atoms with E-state index in [1.54, 1.807) is 9.96 Å². The van der Waals surface area contributed by atoms with Crippen molar-refractivity contribution in [3.8, 4) is 11.5 Å². The fourth-order valence-corrected chi connectivity index (χ4v) is 8.87. The molecule has 15 heteroatoms. The van der Waals surface area contributed by atoms with Crippen LogP contribution >= 0.6 is 0 Å². The summed E-state index contributed by atoms with van der Waals surface area (Å²) in [6, 6.07) is 21.3. The van der Waals surface area contributed by atoms with Gasteiger partial charge in [0.05, 0.1) is 0 Å². The zero-order valence-corrected chi connectivity index (χ0v) is 33.7. The Morgan fingerprint density at radius 2 is 1.47 bits per heavy atom. The monoisotopic (exact) mass is 810 g/mol. The van der Waals surface area contributed by atoms with Crippen LogP contribution in [0, 0.1) is 6.92 Å². The smallest absolute Gasteiger partial charge is 0.486 e. The number of piperazine rings is 1. The maximum absolute atomic E-state index is 14.3. The fraction of sp³-hybridized carbons (Fsp3) is 0.500. The highest BCUT2D eigenvalue weighted by Gasteiger charge is 2.37. The normalized spacial score (nSPS) is 19.9. The van der Waals surface area contributed by atoms with Crippen molar-refractivity contribution < 1.29 is 43.0 Å². The van der Waals surface area contributed by atoms with Gasteiger partial charge in [-0.3, -0.25) is 9.69 Å². The molecule has 0 aliphatic carbocycles. The first kappa shape index (κ1) is 40.2. The first-order valence-electron chi connectivity index (χ1n) is 20.9. The Labute approximate surface area is 345 Å². The predicted molar refractivity (Wildman–Crippen MR) is 217 cm³/mol. The van der Waals surface area contributed by atoms with Gasteiger partial charge in [-0.1, -0.05) is 54.6 Å². The largest absolute Gasteiger partial charge is 0.528 e. The summed E-state index contributed by atoms with van der Waals surface area (Å²) in [5, 5.41) is 4.70. The number of aryl methyl sites for hydroxylation is 1. The number of anilines is 1. The summed E-state index contributed by atoms with van der Waals surface area (Å²) in [7, 11) is 0. The number of hydrogen-bond donors (Lipinski definition) is 1. The maximum Gasteiger partial charge on any atom is 0.528 e. The highest BCUT2D eigenvalue weighted by molar-refractivity contribution is 5.91. The molecule has 0 saturated carbocycles. The van der Waals surface area contributed by atoms with Crippen LogP contribution in [0.15, 0.2) is 66.7 Å². The Morgan fingerprint density at radius 1 is 0.780 bits per heavy atom. The summed E-state index contributed by atoms with van der Waals surface area (Å²) in [5.41, 5.74) is 4.57. The zero-order chi connectivity index (χ0) is 40.7. The summed E-state index contributed by atoms with van der Waals surface area (Å²) in [6.45, 7) is 8.09. The summed E-state index contributed by atoms with van der Waals surface area (Å²) >= 11 is 0. The molecule has 4 amide bonds. The van der Waals surface area contributed by atoms with Crippen LogP contribution in [0.2, 0.25) is 0 Å². The lowest BCUT2D eigenvalue weighted by atomic mass is 9.99. The van der Waals surface area contributed by atoms with Crippen LogP contribution in [0.25, 0.3) is 0 Å². The van der Waals surface area contributed by atoms with E-state index in [2.05, 4.69) is 10.2 Å². The molecule has 5 heterocycles. The number of carbonyl (C=O) groups excluding carboxylic acids is 4. The van der Waals surface area contributed by atoms with Crippen molar-refractivity contribution >= 4 is 29.9 Å². The van der Waals surface area contributed by atoms with Gasteiger partial charge in [-0.15, -0.1) is 5.06 Å². The number of ether oxygens (including phenoxy) is 4. The minimum absolute atomic E-state index is 0.00952. The third-order valence-electron chi connectivity index (χ3n) is 12.1. The summed E-state index contributed by atoms with van der Waals surface area (Å²) < 4.78 is 23.2. The number of fused-ring (bicyclic) bond motifs is 2. The van der Waals surface area contributed by atoms with Crippen molar-refractivity contribution in [3.05, 3.63) is 89.0 Å². The highest BCUT2D eigenvalue weighted by atomic mass is 16.8. The van der Waals surface area contributed by atoms with Crippen molar-refractivity contribution in [2.75, 3.05) is 77.4 Å². The third kappa shape index (κ3) is 9.85. The topological polar surface area (TPSA) is 143 Å². The number of rotatable bonds is 9. The molecular weight excluding hydrogens is 757 g/mol. The molecule has 314 valence electrons. The van der Waals surface area contributed by atoms with E-state index >= 15 is 0 Å². The molecule has 3 fully saturated rings. The molecule has 5 aliphatic heterocycles. The van der Waals surface area contributed by atoms with Gasteiger partial charge >= 0.3 is 18.3 Å². The number of amides is 4. The number of carbonyl (C=O) groups is 4. The molecule has 0 bridgehead atoms. The average molecular weight is 811 g/mol. The maximum atomic E-state index is 14.3. The van der Waals surface area contributed by atoms with Crippen LogP contribution in [-0.4, -0.2) is 139 Å². The number of hydrogen-bond acceptors (Lipinski definition) is 11. The van der Waals surface area contributed by atoms with Crippen molar-refractivity contribution in [1.82, 2.24) is 24.7 Å². The van der Waals surface area contributed by atoms with E-state index in [9.17, 15) is 19.2 Å². The van der Waals surface area contributed by atoms with Crippen LogP contribution in [0.3, 0.4) is 0 Å². The molecule has 5 aliphatic rings. The van der Waals surface area contributed by atoms with Gasteiger partial charge in [0.25, 0.3) is 5.91 Å². The van der Waals surface area contributed by atoms with Gasteiger partial charge in [-0.05, 0) is 73.4 Å². The summed E-state index contributed by atoms with van der Waals surface area (Å²) in [5.74, 6) is 1.11. The van der Waals surface area contributed by atoms with E-state index < -0.39 is 18.4 Å². The van der Waals surface area contributed by atoms with Crippen molar-refractivity contribution in [3.63, 3.8) is 0 Å². The molecule has 0 radical (unpaired) electrons. The van der Waals surface area contributed by atoms with E-state index in [4.69, 9.17) is 23.8 Å². The van der Waals surface area contributed by atoms with Crippen LogP contribution in [0.4, 0.5) is 20.1 Å². The summed E-state index contributed by atoms with van der Waals surface area (Å²) in [4.78, 5) is 66.9. The standard InChI is InChI=1S/C44H54N6O9/c1-31-27-33(28-38-40(31)56-26-25-55-38)29-39(58-43(53)48-18-14-36(15-19-48)50-20-11-34-9-5-6-10-37(34)45-42(50)52)41(51)47-16-12-35(13-17-47)46-21-23-49(24-22-46)59-44(54)57-30-32-7-3-2-4-8-32/h2-10,27-28,35-36,39H,11-26,29-30H2,1H3,(H,45,52)/t39-/m1/s1. The molecule has 3 aromatic carbocycles. The van der Waals surface area contributed by atoms with Crippen LogP contribution in [-0.2, 0) is 38.6 Å². The molecule has 0 aromatic heterocycles. The van der Waals surface area contributed by atoms with Crippen molar-refractivity contribution in [1.29, 1.82) is 0 Å². The van der Waals surface area contributed by atoms with Gasteiger partial charge in [0, 0.05) is 83.1 Å². The van der Waals surface area contributed by atoms with Crippen LogP contribution < -0.4 is 14.8 Å². The van der Waals surface area contributed by atoms with Gasteiger partial charge in [0.15, 0.2) is 17.6 Å². The molecule has 3 saturated heterocycles. The molecule has 15 nitrogen and oxygen atoms in total. The first-order chi connectivity index (χ1) is 28.8. The zero-order valence-electron chi connectivity index (χ0n) is 33.7. The van der Waals surface area contributed by atoms with Crippen LogP contribution in [0.1, 0.15) is 47.9 Å². The van der Waals surface area contributed by atoms with Gasteiger partial charge in [-0.25, -0.2) is 14.4 Å². The third-order valence-corrected chi connectivity index (χ3v) is 12.1. The highest BCUT2D eigenvalue weighted by Crippen LogP contribution is 2.35. The van der Waals surface area contributed by atoms with E-state index in [0.29, 0.717) is 83.4 Å². The minimum atomic E-state index is -1.03. The second kappa shape index (κ2) is 18.6. The number of piperidine rings is 2. The van der Waals surface area contributed by atoms with Crippen molar-refractivity contribution in [2.24, 2.45) is 0 Å². The van der Waals surface area contributed by atoms with Crippen LogP contribution in [0.5, 0.6) is 11.5 Å². The molecule has 3 aromatic rings. The van der Waals surface area contributed by atoms with Gasteiger partial charge in [-0.2, -0.15) is 0 Å². The molecule has 1 atom stereocenters. The van der Waals surface area contributed by atoms with Gasteiger partial charge < -0.3 is 43.8 Å². The second-order valence-corrected chi connectivity index (χ2v) is 15.9. The Balaban J connectivity index is 0.851. The molecule has 1 N–H and O–H groups in total. The Hall–Kier alpha value is -5.54. The number of para-hydroxylation sites is 1. The van der Waals surface area contributed by atoms with E-state index in [1.165, 1.54) is 0 Å². The lowest BCUT2D eigenvalue weighted by Gasteiger charge is -2.42. The number of likely N-dealkylation sites (tertiary alicyclic amines) is 2. The SMILES string of the molecule is Cc1cc(C[C@@H](OC(=O)N2CCC(N3CCc4ccccc4NC3=O)CC2)C(=O)N2CCC(N3CCN(OC(=O)OCc4ccccc4)CC3)CC2)cc2c1OCCO2. The molecule has 59 heavy (non-hydrogen) atoms. The molecule has 0 unspecified atom stereocenters. The number of benzene rings is 3. The number of nitrogens with zero attached hydrogens (tertiary/aromatic N) is 5. The predicted octanol–water partition coefficient (Wildman–Crippen LogP) is 5.25. The summed E-state index contributed by atoms with van der Waals surface area (Å²) in [6.07, 6.45) is 1.47. The fourth-order valence-electron chi connectivity index (χ4n) is 8.87. The number of hydroxylamine groups is 2. The minimum Gasteiger partial charge on any atom is -0.486 e. The first-order valence-corrected chi connectivity index (χ1v) is 20.9. The number of nitrogens with one attached hydrogen (secondary N) is 1. The van der Waals surface area contributed by atoms with E-state index in [1.807, 2.05) is 83.5 Å². The quantitative estimate of drug-likeness (QED) is 0.284. The van der Waals surface area contributed by atoms with E-state index in [-0.39, 0.29) is 37.0 Å². The Bertz CT molecular complexity index is 1960. The molecule has 8 rings (SSSR count). The Morgan fingerprint density at radius 3 is 2.25 bits per heavy atom. The second-order valence-electron chi connectivity index (χ2n) is 15.9. The molecular formula is C44H54N6O9. The lowest BCUT2D eigenvalue weighted by Crippen LogP contribution is -2.55. The van der Waals surface area contributed by atoms with Crippen molar-refractivity contribution in [2.45, 2.75) is 70.2 Å².